The van der Waals surface area contributed by atoms with E-state index in [0.29, 0.717) is 19.1 Å². The summed E-state index contributed by atoms with van der Waals surface area (Å²) in [6.45, 7) is 3.10. The van der Waals surface area contributed by atoms with E-state index in [2.05, 4.69) is 16.0 Å². The molecule has 19 heavy (non-hydrogen) atoms. The van der Waals surface area contributed by atoms with E-state index in [0.717, 1.165) is 25.7 Å². The average molecular weight is 267 g/mol. The Morgan fingerprint density at radius 1 is 1.11 bits per heavy atom. The van der Waals surface area contributed by atoms with Crippen molar-refractivity contribution in [2.75, 3.05) is 13.1 Å². The predicted octanol–water partition coefficient (Wildman–Crippen LogP) is 0.549. The molecular weight excluding hydrogens is 242 g/mol. The summed E-state index contributed by atoms with van der Waals surface area (Å²) in [7, 11) is 0. The van der Waals surface area contributed by atoms with E-state index in [4.69, 9.17) is 0 Å². The van der Waals surface area contributed by atoms with Crippen molar-refractivity contribution in [3.8, 4) is 0 Å². The Bertz CT molecular complexity index is 323. The predicted molar refractivity (Wildman–Crippen MR) is 73.6 cm³/mol. The van der Waals surface area contributed by atoms with Crippen molar-refractivity contribution in [3.05, 3.63) is 0 Å². The molecule has 0 aromatic carbocycles. The van der Waals surface area contributed by atoms with E-state index in [-0.39, 0.29) is 23.8 Å². The molecule has 0 aromatic rings. The molecule has 1 unspecified atom stereocenters. The average Bonchev–Trinajstić information content (AvgIpc) is 3.13. The molecule has 0 aliphatic heterocycles. The minimum Gasteiger partial charge on any atom is -0.355 e. The molecule has 2 fully saturated rings. The summed E-state index contributed by atoms with van der Waals surface area (Å²) in [6.07, 6.45) is 6.71. The van der Waals surface area contributed by atoms with E-state index in [9.17, 15) is 9.59 Å². The van der Waals surface area contributed by atoms with Crippen LogP contribution in [0, 0.1) is 5.92 Å². The Morgan fingerprint density at radius 2 is 1.79 bits per heavy atom. The quantitative estimate of drug-likeness (QED) is 0.590. The fourth-order valence-corrected chi connectivity index (χ4v) is 2.45. The van der Waals surface area contributed by atoms with E-state index in [1.807, 2.05) is 6.92 Å². The molecule has 2 saturated carbocycles. The Balaban J connectivity index is 1.53. The number of carbonyl (C=O) groups is 2. The van der Waals surface area contributed by atoms with Gasteiger partial charge >= 0.3 is 0 Å². The van der Waals surface area contributed by atoms with Crippen LogP contribution in [-0.2, 0) is 9.59 Å². The van der Waals surface area contributed by atoms with E-state index < -0.39 is 0 Å². The summed E-state index contributed by atoms with van der Waals surface area (Å²) in [6, 6.07) is 0.171. The molecule has 0 aromatic heterocycles. The van der Waals surface area contributed by atoms with Crippen molar-refractivity contribution in [1.82, 2.24) is 16.0 Å². The molecule has 3 N–H and O–H groups in total. The summed E-state index contributed by atoms with van der Waals surface area (Å²) >= 11 is 0. The highest BCUT2D eigenvalue weighted by Gasteiger charge is 2.29. The van der Waals surface area contributed by atoms with Crippen molar-refractivity contribution in [2.45, 2.75) is 57.5 Å². The van der Waals surface area contributed by atoms with Gasteiger partial charge in [-0.25, -0.2) is 0 Å². The van der Waals surface area contributed by atoms with Gasteiger partial charge in [-0.15, -0.1) is 0 Å². The van der Waals surface area contributed by atoms with Crippen molar-refractivity contribution in [1.29, 1.82) is 0 Å². The normalized spacial score (nSPS) is 21.1. The summed E-state index contributed by atoms with van der Waals surface area (Å²) in [5.74, 6) is 0.480. The first kappa shape index (κ1) is 14.3. The van der Waals surface area contributed by atoms with Crippen LogP contribution in [0.5, 0.6) is 0 Å². The zero-order chi connectivity index (χ0) is 13.7. The lowest BCUT2D eigenvalue weighted by Gasteiger charge is -2.17. The van der Waals surface area contributed by atoms with Gasteiger partial charge in [0.1, 0.15) is 0 Å². The minimum absolute atomic E-state index is 0.0698. The molecule has 2 rings (SSSR count). The van der Waals surface area contributed by atoms with Gasteiger partial charge in [-0.1, -0.05) is 12.8 Å². The Labute approximate surface area is 114 Å². The summed E-state index contributed by atoms with van der Waals surface area (Å²) in [4.78, 5) is 23.3. The van der Waals surface area contributed by atoms with Crippen LogP contribution in [0.1, 0.15) is 45.4 Å². The third-order valence-electron chi connectivity index (χ3n) is 3.92. The SMILES string of the molecule is CC(NCCNC(=O)C1CC1)C(=O)NC1CCCC1. The van der Waals surface area contributed by atoms with Gasteiger partial charge in [-0.05, 0) is 32.6 Å². The highest BCUT2D eigenvalue weighted by atomic mass is 16.2. The molecule has 0 heterocycles. The monoisotopic (exact) mass is 267 g/mol. The molecule has 0 saturated heterocycles. The zero-order valence-electron chi connectivity index (χ0n) is 11.7. The first-order valence-electron chi connectivity index (χ1n) is 7.48. The van der Waals surface area contributed by atoms with Gasteiger partial charge in [-0.2, -0.15) is 0 Å². The summed E-state index contributed by atoms with van der Waals surface area (Å²) in [5.41, 5.74) is 0. The fraction of sp³-hybridized carbons (Fsp3) is 0.857. The van der Waals surface area contributed by atoms with Crippen LogP contribution in [0.3, 0.4) is 0 Å². The van der Waals surface area contributed by atoms with Crippen LogP contribution >= 0.6 is 0 Å². The number of nitrogens with one attached hydrogen (secondary N) is 3. The van der Waals surface area contributed by atoms with E-state index in [1.165, 1.54) is 12.8 Å². The molecule has 0 radical (unpaired) electrons. The van der Waals surface area contributed by atoms with Gasteiger partial charge in [0.2, 0.25) is 11.8 Å². The van der Waals surface area contributed by atoms with Crippen LogP contribution in [0.2, 0.25) is 0 Å². The Kier molecular flexibility index (Phi) is 5.19. The molecule has 2 aliphatic rings. The molecule has 0 bridgehead atoms. The number of rotatable bonds is 7. The van der Waals surface area contributed by atoms with Crippen molar-refractivity contribution >= 4 is 11.8 Å². The molecule has 5 heteroatoms. The molecule has 2 amide bonds. The van der Waals surface area contributed by atoms with E-state index in [1.54, 1.807) is 0 Å². The molecule has 5 nitrogen and oxygen atoms in total. The highest BCUT2D eigenvalue weighted by Crippen LogP contribution is 2.28. The van der Waals surface area contributed by atoms with Crippen LogP contribution in [0.4, 0.5) is 0 Å². The van der Waals surface area contributed by atoms with Gasteiger partial charge < -0.3 is 16.0 Å². The Morgan fingerprint density at radius 3 is 2.42 bits per heavy atom. The third kappa shape index (κ3) is 4.82. The smallest absolute Gasteiger partial charge is 0.237 e. The molecule has 0 spiro atoms. The topological polar surface area (TPSA) is 70.2 Å². The van der Waals surface area contributed by atoms with Crippen LogP contribution in [0.25, 0.3) is 0 Å². The lowest BCUT2D eigenvalue weighted by Crippen LogP contribution is -2.47. The molecular formula is C14H25N3O2. The van der Waals surface area contributed by atoms with Crippen molar-refractivity contribution in [3.63, 3.8) is 0 Å². The minimum atomic E-state index is -0.196. The fourth-order valence-electron chi connectivity index (χ4n) is 2.45. The maximum Gasteiger partial charge on any atom is 0.237 e. The van der Waals surface area contributed by atoms with Crippen LogP contribution in [-0.4, -0.2) is 37.0 Å². The second kappa shape index (κ2) is 6.89. The largest absolute Gasteiger partial charge is 0.355 e. The van der Waals surface area contributed by atoms with Crippen LogP contribution < -0.4 is 16.0 Å². The second-order valence-electron chi connectivity index (χ2n) is 5.73. The maximum absolute atomic E-state index is 11.9. The number of carbonyl (C=O) groups excluding carboxylic acids is 2. The maximum atomic E-state index is 11.9. The summed E-state index contributed by atoms with van der Waals surface area (Å²) < 4.78 is 0. The van der Waals surface area contributed by atoms with E-state index >= 15 is 0 Å². The van der Waals surface area contributed by atoms with Crippen molar-refractivity contribution in [2.24, 2.45) is 5.92 Å². The second-order valence-corrected chi connectivity index (χ2v) is 5.73. The first-order valence-corrected chi connectivity index (χ1v) is 7.48. The number of amides is 2. The standard InChI is InChI=1S/C14H25N3O2/c1-10(13(18)17-12-4-2-3-5-12)15-8-9-16-14(19)11-6-7-11/h10-12,15H,2-9H2,1H3,(H,16,19)(H,17,18). The van der Waals surface area contributed by atoms with Gasteiger partial charge in [0.25, 0.3) is 0 Å². The highest BCUT2D eigenvalue weighted by molar-refractivity contribution is 5.82. The van der Waals surface area contributed by atoms with Crippen molar-refractivity contribution < 1.29 is 9.59 Å². The van der Waals surface area contributed by atoms with Gasteiger partial charge in [0.05, 0.1) is 6.04 Å². The number of hydrogen-bond donors (Lipinski definition) is 3. The molecule has 1 atom stereocenters. The molecule has 108 valence electrons. The third-order valence-corrected chi connectivity index (χ3v) is 3.92. The molecule has 2 aliphatic carbocycles. The number of hydrogen-bond acceptors (Lipinski definition) is 3. The lowest BCUT2D eigenvalue weighted by molar-refractivity contribution is -0.123. The van der Waals surface area contributed by atoms with Gasteiger partial charge in [-0.3, -0.25) is 9.59 Å². The first-order chi connectivity index (χ1) is 9.16. The van der Waals surface area contributed by atoms with Gasteiger partial charge in [0, 0.05) is 25.0 Å². The Hall–Kier alpha value is -1.10. The lowest BCUT2D eigenvalue weighted by atomic mass is 10.2. The summed E-state index contributed by atoms with van der Waals surface area (Å²) in [5, 5.41) is 9.09. The zero-order valence-corrected chi connectivity index (χ0v) is 11.7. The van der Waals surface area contributed by atoms with Gasteiger partial charge in [0.15, 0.2) is 0 Å². The van der Waals surface area contributed by atoms with Crippen LogP contribution in [0.15, 0.2) is 0 Å².